The van der Waals surface area contributed by atoms with Crippen molar-refractivity contribution in [1.29, 1.82) is 0 Å². The van der Waals surface area contributed by atoms with Crippen LogP contribution in [0, 0.1) is 35.5 Å². The average molecular weight is 464 g/mol. The highest BCUT2D eigenvalue weighted by Gasteiger charge is 2.67. The van der Waals surface area contributed by atoms with Crippen molar-refractivity contribution >= 4 is 34.9 Å². The molecule has 4 aliphatic carbocycles. The summed E-state index contributed by atoms with van der Waals surface area (Å²) in [6.07, 6.45) is 5.47. The van der Waals surface area contributed by atoms with Crippen molar-refractivity contribution in [3.05, 3.63) is 65.2 Å². The lowest BCUT2D eigenvalue weighted by Crippen LogP contribution is -2.40. The monoisotopic (exact) mass is 463 g/mol. The molecule has 168 valence electrons. The number of allylic oxidation sites excluding steroid dienone is 2. The Kier molecular flexibility index (Phi) is 4.63. The van der Waals surface area contributed by atoms with Crippen LogP contribution in [0.2, 0.25) is 5.02 Å². The highest BCUT2D eigenvalue weighted by atomic mass is 35.5. The largest absolute Gasteiger partial charge is 0.495 e. The Morgan fingerprint density at radius 2 is 1.64 bits per heavy atom. The van der Waals surface area contributed by atoms with Gasteiger partial charge in [0.2, 0.25) is 11.8 Å². The zero-order chi connectivity index (χ0) is 22.9. The molecule has 33 heavy (non-hydrogen) atoms. The van der Waals surface area contributed by atoms with Crippen LogP contribution in [-0.2, 0) is 9.59 Å². The number of hydrogen-bond donors (Lipinski definition) is 0. The van der Waals surface area contributed by atoms with E-state index in [9.17, 15) is 14.4 Å². The van der Waals surface area contributed by atoms with Crippen molar-refractivity contribution in [2.24, 2.45) is 35.5 Å². The predicted molar refractivity (Wildman–Crippen MR) is 121 cm³/mol. The number of anilines is 1. The molecule has 0 radical (unpaired) electrons. The first-order chi connectivity index (χ1) is 16.0. The zero-order valence-electron chi connectivity index (χ0n) is 17.9. The Morgan fingerprint density at radius 3 is 2.21 bits per heavy atom. The minimum atomic E-state index is -0.223. The third-order valence-electron chi connectivity index (χ3n) is 7.60. The Labute approximate surface area is 196 Å². The number of ether oxygens (including phenoxy) is 2. The predicted octanol–water partition coefficient (Wildman–Crippen LogP) is 4.17. The number of halogens is 1. The van der Waals surface area contributed by atoms with Crippen LogP contribution in [0.25, 0.3) is 0 Å². The number of carbonyl (C=O) groups is 3. The minimum Gasteiger partial charge on any atom is -0.495 e. The lowest BCUT2D eigenvalue weighted by molar-refractivity contribution is -0.124. The molecule has 2 bridgehead atoms. The summed E-state index contributed by atoms with van der Waals surface area (Å²) in [6, 6.07) is 11.6. The summed E-state index contributed by atoms with van der Waals surface area (Å²) in [4.78, 5) is 40.2. The second kappa shape index (κ2) is 7.45. The Balaban J connectivity index is 1.14. The number of nitrogens with zero attached hydrogens (tertiary/aromatic N) is 1. The molecule has 2 aromatic rings. The van der Waals surface area contributed by atoms with E-state index in [-0.39, 0.29) is 47.9 Å². The number of Topliss-reactive ketones (excluding diaryl/α,β-unsaturated/α-hetero) is 1. The zero-order valence-corrected chi connectivity index (χ0v) is 18.7. The summed E-state index contributed by atoms with van der Waals surface area (Å²) >= 11 is 6.09. The molecular formula is C26H22ClNO5. The quantitative estimate of drug-likeness (QED) is 0.365. The standard InChI is InChI=1S/C26H22ClNO5/c1-32-22-9-2-13(10-20(22)27)21(29)12-33-15-5-3-14(4-6-15)28-25(30)23-16-7-8-17(19-11-18(16)19)24(23)26(28)31/h2-10,16-19,23-24H,11-12H2,1H3/t16-,17+,18?,19?,23-,24+. The lowest BCUT2D eigenvalue weighted by Gasteiger charge is -2.37. The van der Waals surface area contributed by atoms with Gasteiger partial charge in [0, 0.05) is 5.56 Å². The minimum absolute atomic E-state index is 0.0880. The second-order valence-corrected chi connectivity index (χ2v) is 9.63. The van der Waals surface area contributed by atoms with Crippen molar-refractivity contribution in [3.8, 4) is 11.5 Å². The van der Waals surface area contributed by atoms with Crippen LogP contribution in [0.4, 0.5) is 5.69 Å². The number of imide groups is 1. The Bertz CT molecular complexity index is 1170. The highest BCUT2D eigenvalue weighted by Crippen LogP contribution is 2.65. The van der Waals surface area contributed by atoms with E-state index in [1.54, 1.807) is 42.5 Å². The fourth-order valence-corrected chi connectivity index (χ4v) is 6.23. The van der Waals surface area contributed by atoms with Crippen molar-refractivity contribution in [3.63, 3.8) is 0 Å². The topological polar surface area (TPSA) is 72.9 Å². The molecule has 1 saturated heterocycles. The fraction of sp³-hybridized carbons (Fsp3) is 0.346. The number of hydrogen-bond acceptors (Lipinski definition) is 5. The molecule has 0 spiro atoms. The van der Waals surface area contributed by atoms with Gasteiger partial charge in [-0.05, 0) is 72.6 Å². The fourth-order valence-electron chi connectivity index (χ4n) is 5.97. The highest BCUT2D eigenvalue weighted by molar-refractivity contribution is 6.32. The van der Waals surface area contributed by atoms with Crippen molar-refractivity contribution < 1.29 is 23.9 Å². The molecule has 1 heterocycles. The van der Waals surface area contributed by atoms with E-state index in [0.717, 1.165) is 6.42 Å². The number of amides is 2. The maximum absolute atomic E-state index is 13.2. The van der Waals surface area contributed by atoms with Crippen molar-refractivity contribution in [2.75, 3.05) is 18.6 Å². The number of carbonyl (C=O) groups excluding carboxylic acids is 3. The Morgan fingerprint density at radius 1 is 1.00 bits per heavy atom. The van der Waals surface area contributed by atoms with E-state index in [1.165, 1.54) is 12.0 Å². The van der Waals surface area contributed by atoms with E-state index in [0.29, 0.717) is 39.6 Å². The number of ketones is 1. The smallest absolute Gasteiger partial charge is 0.238 e. The molecule has 2 saturated carbocycles. The van der Waals surface area contributed by atoms with Crippen molar-refractivity contribution in [1.82, 2.24) is 0 Å². The summed E-state index contributed by atoms with van der Waals surface area (Å²) in [5.41, 5.74) is 0.975. The molecule has 2 unspecified atom stereocenters. The molecule has 7 rings (SSSR count). The van der Waals surface area contributed by atoms with Crippen LogP contribution >= 0.6 is 11.6 Å². The van der Waals surface area contributed by atoms with E-state index >= 15 is 0 Å². The number of methoxy groups -OCH3 is 1. The van der Waals surface area contributed by atoms with E-state index < -0.39 is 0 Å². The van der Waals surface area contributed by atoms with Crippen LogP contribution in [0.15, 0.2) is 54.6 Å². The van der Waals surface area contributed by atoms with Gasteiger partial charge in [0.15, 0.2) is 12.4 Å². The molecule has 2 aromatic carbocycles. The van der Waals surface area contributed by atoms with Crippen LogP contribution in [0.1, 0.15) is 16.8 Å². The van der Waals surface area contributed by atoms with Gasteiger partial charge >= 0.3 is 0 Å². The molecule has 0 aromatic heterocycles. The first kappa shape index (κ1) is 20.5. The summed E-state index contributed by atoms with van der Waals surface area (Å²) in [6.45, 7) is -0.161. The molecule has 7 heteroatoms. The maximum Gasteiger partial charge on any atom is 0.238 e. The van der Waals surface area contributed by atoms with Crippen LogP contribution in [-0.4, -0.2) is 31.3 Å². The normalized spacial score (nSPS) is 30.8. The first-order valence-corrected chi connectivity index (χ1v) is 11.5. The summed E-state index contributed by atoms with van der Waals surface area (Å²) < 4.78 is 10.7. The molecule has 1 aliphatic heterocycles. The SMILES string of the molecule is COc1ccc(C(=O)COc2ccc(N3C(=O)[C@@H]4[C@H](C3=O)[C@@H]3C=C[C@H]4C4CC43)cc2)cc1Cl. The average Bonchev–Trinajstić information content (AvgIpc) is 3.61. The number of benzene rings is 2. The van der Waals surface area contributed by atoms with E-state index in [2.05, 4.69) is 12.2 Å². The molecule has 3 fully saturated rings. The second-order valence-electron chi connectivity index (χ2n) is 9.22. The molecule has 5 aliphatic rings. The summed E-state index contributed by atoms with van der Waals surface area (Å²) in [5, 5.41) is 0.356. The number of rotatable bonds is 6. The molecule has 2 amide bonds. The Hall–Kier alpha value is -3.12. The molecule has 6 nitrogen and oxygen atoms in total. The van der Waals surface area contributed by atoms with Crippen molar-refractivity contribution in [2.45, 2.75) is 6.42 Å². The van der Waals surface area contributed by atoms with Gasteiger partial charge in [-0.3, -0.25) is 19.3 Å². The molecular weight excluding hydrogens is 442 g/mol. The van der Waals surface area contributed by atoms with Gasteiger partial charge in [-0.25, -0.2) is 0 Å². The summed E-state index contributed by atoms with van der Waals surface area (Å²) in [5.74, 6) is 1.69. The van der Waals surface area contributed by atoms with Gasteiger partial charge < -0.3 is 9.47 Å². The van der Waals surface area contributed by atoms with E-state index in [4.69, 9.17) is 21.1 Å². The maximum atomic E-state index is 13.2. The first-order valence-electron chi connectivity index (χ1n) is 11.1. The van der Waals surface area contributed by atoms with Crippen LogP contribution in [0.5, 0.6) is 11.5 Å². The summed E-state index contributed by atoms with van der Waals surface area (Å²) in [7, 11) is 1.51. The molecule has 6 atom stereocenters. The third-order valence-corrected chi connectivity index (χ3v) is 7.90. The molecule has 0 N–H and O–H groups in total. The van der Waals surface area contributed by atoms with Gasteiger partial charge in [0.05, 0.1) is 29.7 Å². The van der Waals surface area contributed by atoms with Crippen LogP contribution in [0.3, 0.4) is 0 Å². The van der Waals surface area contributed by atoms with Gasteiger partial charge in [0.25, 0.3) is 0 Å². The third kappa shape index (κ3) is 3.11. The van der Waals surface area contributed by atoms with Crippen LogP contribution < -0.4 is 14.4 Å². The van der Waals surface area contributed by atoms with Gasteiger partial charge in [0.1, 0.15) is 11.5 Å². The lowest BCUT2D eigenvalue weighted by atomic mass is 9.63. The van der Waals surface area contributed by atoms with E-state index in [1.807, 2.05) is 0 Å². The van der Waals surface area contributed by atoms with Gasteiger partial charge in [-0.1, -0.05) is 23.8 Å². The van der Waals surface area contributed by atoms with Gasteiger partial charge in [-0.15, -0.1) is 0 Å². The van der Waals surface area contributed by atoms with Gasteiger partial charge in [-0.2, -0.15) is 0 Å².